The van der Waals surface area contributed by atoms with Gasteiger partial charge in [0.25, 0.3) is 0 Å². The first-order valence-electron chi connectivity index (χ1n) is 4.77. The summed E-state index contributed by atoms with van der Waals surface area (Å²) in [4.78, 5) is 11.4. The number of ether oxygens (including phenoxy) is 1. The number of nitrogens with zero attached hydrogens (tertiary/aromatic N) is 1. The van der Waals surface area contributed by atoms with Crippen LogP contribution in [-0.4, -0.2) is 39.9 Å². The van der Waals surface area contributed by atoms with Crippen molar-refractivity contribution in [2.45, 2.75) is 0 Å². The summed E-state index contributed by atoms with van der Waals surface area (Å²) in [6.07, 6.45) is 0. The van der Waals surface area contributed by atoms with E-state index < -0.39 is 16.3 Å². The molecule has 0 bridgehead atoms. The minimum atomic E-state index is -3.97. The Kier molecular flexibility index (Phi) is 4.55. The van der Waals surface area contributed by atoms with Crippen molar-refractivity contribution in [3.63, 3.8) is 0 Å². The van der Waals surface area contributed by atoms with Gasteiger partial charge in [-0.05, 0) is 12.1 Å². The van der Waals surface area contributed by atoms with E-state index in [9.17, 15) is 13.2 Å². The Bertz CT molecular complexity index is 555. The molecule has 0 aliphatic rings. The molecule has 8 heteroatoms. The third kappa shape index (κ3) is 3.34. The largest absolute Gasteiger partial charge is 0.465 e. The molecule has 0 saturated heterocycles. The Labute approximate surface area is 110 Å². The van der Waals surface area contributed by atoms with Crippen LogP contribution in [0.2, 0.25) is 5.02 Å². The lowest BCUT2D eigenvalue weighted by Crippen LogP contribution is -2.27. The number of esters is 1. The van der Waals surface area contributed by atoms with Crippen LogP contribution in [-0.2, 0) is 15.0 Å². The molecule has 0 spiro atoms. The lowest BCUT2D eigenvalue weighted by molar-refractivity contribution is 0.0599. The monoisotopic (exact) mass is 293 g/mol. The number of methoxy groups -OCH3 is 1. The number of halogens is 1. The molecule has 0 aliphatic carbocycles. The maximum Gasteiger partial charge on any atom is 0.384 e. The molecule has 0 amide bonds. The van der Waals surface area contributed by atoms with Crippen LogP contribution < -0.4 is 4.18 Å². The number of benzene rings is 1. The molecular weight excluding hydrogens is 282 g/mol. The van der Waals surface area contributed by atoms with Crippen molar-refractivity contribution in [2.75, 3.05) is 21.2 Å². The van der Waals surface area contributed by atoms with E-state index in [1.54, 1.807) is 0 Å². The average molecular weight is 294 g/mol. The molecule has 0 aromatic heterocycles. The highest BCUT2D eigenvalue weighted by atomic mass is 35.5. The van der Waals surface area contributed by atoms with Gasteiger partial charge in [-0.3, -0.25) is 0 Å². The van der Waals surface area contributed by atoms with Crippen LogP contribution in [0.3, 0.4) is 0 Å². The highest BCUT2D eigenvalue weighted by Gasteiger charge is 2.21. The second kappa shape index (κ2) is 5.55. The van der Waals surface area contributed by atoms with Gasteiger partial charge in [-0.15, -0.1) is 0 Å². The van der Waals surface area contributed by atoms with Gasteiger partial charge in [0.05, 0.1) is 7.11 Å². The molecule has 1 rings (SSSR count). The highest BCUT2D eigenvalue weighted by Crippen LogP contribution is 2.25. The van der Waals surface area contributed by atoms with Gasteiger partial charge in [0.15, 0.2) is 5.75 Å². The minimum Gasteiger partial charge on any atom is -0.465 e. The fourth-order valence-corrected chi connectivity index (χ4v) is 1.71. The molecule has 100 valence electrons. The van der Waals surface area contributed by atoms with E-state index in [0.717, 1.165) is 4.31 Å². The molecule has 6 nitrogen and oxygen atoms in total. The fraction of sp³-hybridized carbons (Fsp3) is 0.300. The quantitative estimate of drug-likeness (QED) is 0.783. The first-order valence-corrected chi connectivity index (χ1v) is 6.52. The zero-order valence-corrected chi connectivity index (χ0v) is 11.6. The smallest absolute Gasteiger partial charge is 0.384 e. The molecule has 1 aromatic carbocycles. The van der Waals surface area contributed by atoms with E-state index in [1.807, 2.05) is 0 Å². The van der Waals surface area contributed by atoms with Crippen molar-refractivity contribution in [3.05, 3.63) is 28.8 Å². The Balaban J connectivity index is 3.23. The number of hydrogen-bond donors (Lipinski definition) is 0. The predicted molar refractivity (Wildman–Crippen MR) is 66.0 cm³/mol. The lowest BCUT2D eigenvalue weighted by atomic mass is 10.2. The SMILES string of the molecule is COC(=O)c1ccc(Cl)cc1OS(=O)(=O)N(C)C. The summed E-state index contributed by atoms with van der Waals surface area (Å²) >= 11 is 5.73. The van der Waals surface area contributed by atoms with Gasteiger partial charge in [-0.1, -0.05) is 11.6 Å². The second-order valence-electron chi connectivity index (χ2n) is 3.46. The van der Waals surface area contributed by atoms with E-state index in [4.69, 9.17) is 15.8 Å². The van der Waals surface area contributed by atoms with Crippen LogP contribution >= 0.6 is 11.6 Å². The molecular formula is C10H12ClNO5S. The molecule has 0 saturated carbocycles. The highest BCUT2D eigenvalue weighted by molar-refractivity contribution is 7.84. The molecule has 18 heavy (non-hydrogen) atoms. The Morgan fingerprint density at radius 2 is 1.94 bits per heavy atom. The Morgan fingerprint density at radius 1 is 1.33 bits per heavy atom. The first-order chi connectivity index (χ1) is 8.27. The summed E-state index contributed by atoms with van der Waals surface area (Å²) in [7, 11) is -0.177. The van der Waals surface area contributed by atoms with Crippen LogP contribution in [0.4, 0.5) is 0 Å². The second-order valence-corrected chi connectivity index (χ2v) is 5.64. The summed E-state index contributed by atoms with van der Waals surface area (Å²) < 4.78 is 33.4. The van der Waals surface area contributed by atoms with Crippen molar-refractivity contribution in [2.24, 2.45) is 0 Å². The Hall–Kier alpha value is -1.31. The average Bonchev–Trinajstić information content (AvgIpc) is 2.27. The number of hydrogen-bond acceptors (Lipinski definition) is 5. The van der Waals surface area contributed by atoms with Crippen LogP contribution in [0, 0.1) is 0 Å². The van der Waals surface area contributed by atoms with Gasteiger partial charge in [0.1, 0.15) is 5.56 Å². The van der Waals surface area contributed by atoms with Crippen LogP contribution in [0.1, 0.15) is 10.4 Å². The number of carbonyl (C=O) groups is 1. The Morgan fingerprint density at radius 3 is 2.44 bits per heavy atom. The van der Waals surface area contributed by atoms with Gasteiger partial charge in [0.2, 0.25) is 0 Å². The standard InChI is InChI=1S/C10H12ClNO5S/c1-12(2)18(14,15)17-9-6-7(11)4-5-8(9)10(13)16-3/h4-6H,1-3H3. The first kappa shape index (κ1) is 14.7. The summed E-state index contributed by atoms with van der Waals surface area (Å²) in [6.45, 7) is 0. The van der Waals surface area contributed by atoms with Crippen molar-refractivity contribution < 1.29 is 22.1 Å². The molecule has 0 N–H and O–H groups in total. The van der Waals surface area contributed by atoms with Gasteiger partial charge < -0.3 is 8.92 Å². The van der Waals surface area contributed by atoms with Gasteiger partial charge in [0, 0.05) is 25.2 Å². The predicted octanol–water partition coefficient (Wildman–Crippen LogP) is 1.31. The van der Waals surface area contributed by atoms with E-state index in [2.05, 4.69) is 4.74 Å². The van der Waals surface area contributed by atoms with Gasteiger partial charge in [-0.25, -0.2) is 4.79 Å². The summed E-state index contributed by atoms with van der Waals surface area (Å²) in [6, 6.07) is 3.99. The third-order valence-corrected chi connectivity index (χ3v) is 3.51. The number of carbonyl (C=O) groups excluding carboxylic acids is 1. The summed E-state index contributed by atoms with van der Waals surface area (Å²) in [5.41, 5.74) is -0.0210. The summed E-state index contributed by atoms with van der Waals surface area (Å²) in [5.74, 6) is -0.890. The van der Waals surface area contributed by atoms with E-state index in [-0.39, 0.29) is 16.3 Å². The molecule has 0 unspecified atom stereocenters. The van der Waals surface area contributed by atoms with Gasteiger partial charge in [-0.2, -0.15) is 12.7 Å². The van der Waals surface area contributed by atoms with E-state index in [0.29, 0.717) is 0 Å². The summed E-state index contributed by atoms with van der Waals surface area (Å²) in [5, 5.41) is 0.242. The zero-order chi connectivity index (χ0) is 13.9. The fourth-order valence-electron chi connectivity index (χ4n) is 1.03. The van der Waals surface area contributed by atoms with Crippen LogP contribution in [0.5, 0.6) is 5.75 Å². The maximum absolute atomic E-state index is 11.6. The van der Waals surface area contributed by atoms with Crippen LogP contribution in [0.15, 0.2) is 18.2 Å². The third-order valence-electron chi connectivity index (χ3n) is 1.99. The number of rotatable bonds is 4. The minimum absolute atomic E-state index is 0.0210. The normalized spacial score (nSPS) is 11.4. The lowest BCUT2D eigenvalue weighted by Gasteiger charge is -2.14. The van der Waals surface area contributed by atoms with Crippen molar-refractivity contribution in [1.29, 1.82) is 0 Å². The van der Waals surface area contributed by atoms with Gasteiger partial charge >= 0.3 is 16.3 Å². The molecule has 0 heterocycles. The maximum atomic E-state index is 11.6. The van der Waals surface area contributed by atoms with Crippen molar-refractivity contribution >= 4 is 27.9 Å². The molecule has 0 fully saturated rings. The topological polar surface area (TPSA) is 72.9 Å². The molecule has 0 atom stereocenters. The van der Waals surface area contributed by atoms with Crippen molar-refractivity contribution in [3.8, 4) is 5.75 Å². The van der Waals surface area contributed by atoms with E-state index in [1.165, 1.54) is 39.4 Å². The van der Waals surface area contributed by atoms with E-state index >= 15 is 0 Å². The zero-order valence-electron chi connectivity index (χ0n) is 10.0. The molecule has 0 aliphatic heterocycles. The molecule has 1 aromatic rings. The molecule has 0 radical (unpaired) electrons. The van der Waals surface area contributed by atoms with Crippen molar-refractivity contribution in [1.82, 2.24) is 4.31 Å². The van der Waals surface area contributed by atoms with Crippen LogP contribution in [0.25, 0.3) is 0 Å².